The number of fused-ring (bicyclic) bond motifs is 3. The number of alkyl carbamates (subject to hydrolysis) is 1. The highest BCUT2D eigenvalue weighted by molar-refractivity contribution is 5.86. The minimum Gasteiger partial charge on any atom is -0.488 e. The topological polar surface area (TPSA) is 96.9 Å². The van der Waals surface area contributed by atoms with E-state index in [4.69, 9.17) is 9.47 Å². The Labute approximate surface area is 211 Å². The van der Waals surface area contributed by atoms with Gasteiger partial charge in [-0.3, -0.25) is 4.79 Å². The van der Waals surface area contributed by atoms with Crippen molar-refractivity contribution >= 4 is 12.0 Å². The van der Waals surface area contributed by atoms with Crippen LogP contribution in [0.4, 0.5) is 4.79 Å². The van der Waals surface area contributed by atoms with Crippen molar-refractivity contribution in [3.05, 3.63) is 89.5 Å². The Kier molecular flexibility index (Phi) is 7.60. The highest BCUT2D eigenvalue weighted by Crippen LogP contribution is 2.44. The number of benzene rings is 3. The largest absolute Gasteiger partial charge is 0.488 e. The van der Waals surface area contributed by atoms with Crippen molar-refractivity contribution in [1.82, 2.24) is 10.6 Å². The van der Waals surface area contributed by atoms with Crippen molar-refractivity contribution in [1.29, 1.82) is 0 Å². The summed E-state index contributed by atoms with van der Waals surface area (Å²) in [5.41, 5.74) is 5.00. The summed E-state index contributed by atoms with van der Waals surface area (Å²) in [6, 6.07) is 22.6. The standard InChI is InChI=1S/C29H32N2O5/c1-29(2,3)36-20-14-12-19(13-15-20)16-26(27(33)30-18-32)31-28(34)35-17-25-23-10-6-4-8-21(23)22-9-5-7-11-24(22)25/h4-15,25-26,32H,16-18H2,1-3H3,(H,30,33)(H,31,34). The first-order valence-corrected chi connectivity index (χ1v) is 12.0. The smallest absolute Gasteiger partial charge is 0.407 e. The zero-order valence-corrected chi connectivity index (χ0v) is 20.8. The Morgan fingerprint density at radius 2 is 1.50 bits per heavy atom. The molecule has 0 heterocycles. The average Bonchev–Trinajstić information content (AvgIpc) is 3.16. The number of aliphatic hydroxyl groups is 1. The van der Waals surface area contributed by atoms with Crippen LogP contribution in [0, 0.1) is 0 Å². The zero-order valence-electron chi connectivity index (χ0n) is 20.8. The van der Waals surface area contributed by atoms with Crippen molar-refractivity contribution < 1.29 is 24.2 Å². The molecule has 1 atom stereocenters. The van der Waals surface area contributed by atoms with Crippen LogP contribution in [-0.2, 0) is 16.0 Å². The molecular formula is C29H32N2O5. The van der Waals surface area contributed by atoms with E-state index in [1.165, 1.54) is 0 Å². The van der Waals surface area contributed by atoms with Crippen LogP contribution in [0.5, 0.6) is 5.75 Å². The van der Waals surface area contributed by atoms with Gasteiger partial charge in [-0.2, -0.15) is 0 Å². The lowest BCUT2D eigenvalue weighted by molar-refractivity contribution is -0.124. The number of aliphatic hydroxyl groups excluding tert-OH is 1. The molecule has 0 saturated carbocycles. The summed E-state index contributed by atoms with van der Waals surface area (Å²) in [6.45, 7) is 5.52. The van der Waals surface area contributed by atoms with E-state index < -0.39 is 24.8 Å². The van der Waals surface area contributed by atoms with Gasteiger partial charge in [-0.15, -0.1) is 0 Å². The fourth-order valence-electron chi connectivity index (χ4n) is 4.48. The zero-order chi connectivity index (χ0) is 25.7. The maximum atomic E-state index is 12.7. The van der Waals surface area contributed by atoms with Gasteiger partial charge in [0.05, 0.1) is 0 Å². The molecule has 36 heavy (non-hydrogen) atoms. The van der Waals surface area contributed by atoms with E-state index in [1.807, 2.05) is 81.4 Å². The van der Waals surface area contributed by atoms with Crippen molar-refractivity contribution in [2.75, 3.05) is 13.3 Å². The maximum absolute atomic E-state index is 12.7. The molecule has 0 saturated heterocycles. The van der Waals surface area contributed by atoms with E-state index in [-0.39, 0.29) is 24.5 Å². The van der Waals surface area contributed by atoms with E-state index in [0.29, 0.717) is 5.75 Å². The lowest BCUT2D eigenvalue weighted by Gasteiger charge is -2.22. The number of amides is 2. The van der Waals surface area contributed by atoms with Gasteiger partial charge in [0.2, 0.25) is 5.91 Å². The second-order valence-electron chi connectivity index (χ2n) is 9.78. The third kappa shape index (κ3) is 6.04. The summed E-state index contributed by atoms with van der Waals surface area (Å²) in [7, 11) is 0. The number of hydrogen-bond acceptors (Lipinski definition) is 5. The quantitative estimate of drug-likeness (QED) is 0.409. The molecular weight excluding hydrogens is 456 g/mol. The summed E-state index contributed by atoms with van der Waals surface area (Å²) < 4.78 is 11.4. The first-order valence-electron chi connectivity index (χ1n) is 12.0. The molecule has 0 fully saturated rings. The lowest BCUT2D eigenvalue weighted by atomic mass is 9.98. The molecule has 1 unspecified atom stereocenters. The van der Waals surface area contributed by atoms with E-state index in [2.05, 4.69) is 22.8 Å². The number of nitrogens with one attached hydrogen (secondary N) is 2. The van der Waals surface area contributed by atoms with Crippen molar-refractivity contribution in [3.8, 4) is 16.9 Å². The number of ether oxygens (including phenoxy) is 2. The molecule has 3 aromatic rings. The molecule has 3 aromatic carbocycles. The monoisotopic (exact) mass is 488 g/mol. The number of rotatable bonds is 8. The van der Waals surface area contributed by atoms with Gasteiger partial charge in [-0.25, -0.2) is 4.79 Å². The summed E-state index contributed by atoms with van der Waals surface area (Å²) in [5.74, 6) is 0.136. The van der Waals surface area contributed by atoms with Crippen LogP contribution in [0.3, 0.4) is 0 Å². The van der Waals surface area contributed by atoms with Crippen LogP contribution in [-0.4, -0.2) is 42.1 Å². The molecule has 4 rings (SSSR count). The molecule has 0 spiro atoms. The Balaban J connectivity index is 1.42. The average molecular weight is 489 g/mol. The number of carbonyl (C=O) groups excluding carboxylic acids is 2. The molecule has 0 radical (unpaired) electrons. The van der Waals surface area contributed by atoms with Crippen molar-refractivity contribution in [3.63, 3.8) is 0 Å². The van der Waals surface area contributed by atoms with Crippen LogP contribution in [0.2, 0.25) is 0 Å². The second kappa shape index (κ2) is 10.8. The molecule has 1 aliphatic rings. The Morgan fingerprint density at radius 3 is 2.06 bits per heavy atom. The van der Waals surface area contributed by atoms with Crippen LogP contribution >= 0.6 is 0 Å². The molecule has 0 aliphatic heterocycles. The lowest BCUT2D eigenvalue weighted by Crippen LogP contribution is -2.48. The predicted molar refractivity (Wildman–Crippen MR) is 138 cm³/mol. The first kappa shape index (κ1) is 25.3. The summed E-state index contributed by atoms with van der Waals surface area (Å²) in [6.07, 6.45) is -0.464. The molecule has 2 amide bonds. The van der Waals surface area contributed by atoms with Gasteiger partial charge in [-0.1, -0.05) is 60.7 Å². The van der Waals surface area contributed by atoms with Gasteiger partial charge < -0.3 is 25.2 Å². The molecule has 188 valence electrons. The van der Waals surface area contributed by atoms with Crippen LogP contribution in [0.1, 0.15) is 43.4 Å². The normalized spacial score (nSPS) is 13.3. The van der Waals surface area contributed by atoms with E-state index in [0.717, 1.165) is 27.8 Å². The summed E-state index contributed by atoms with van der Waals surface area (Å²) >= 11 is 0. The van der Waals surface area contributed by atoms with Gasteiger partial charge in [-0.05, 0) is 60.7 Å². The van der Waals surface area contributed by atoms with E-state index in [9.17, 15) is 14.7 Å². The van der Waals surface area contributed by atoms with Gasteiger partial charge in [0.25, 0.3) is 0 Å². The molecule has 1 aliphatic carbocycles. The SMILES string of the molecule is CC(C)(C)Oc1ccc(CC(NC(=O)OCC2c3ccccc3-c3ccccc32)C(=O)NCO)cc1. The maximum Gasteiger partial charge on any atom is 0.407 e. The van der Waals surface area contributed by atoms with Gasteiger partial charge >= 0.3 is 6.09 Å². The van der Waals surface area contributed by atoms with E-state index >= 15 is 0 Å². The Hall–Kier alpha value is -3.84. The van der Waals surface area contributed by atoms with Crippen molar-refractivity contribution in [2.24, 2.45) is 0 Å². The van der Waals surface area contributed by atoms with Crippen LogP contribution in [0.15, 0.2) is 72.8 Å². The van der Waals surface area contributed by atoms with Gasteiger partial charge in [0.15, 0.2) is 0 Å². The molecule has 7 nitrogen and oxygen atoms in total. The molecule has 3 N–H and O–H groups in total. The minimum absolute atomic E-state index is 0.0803. The molecule has 0 bridgehead atoms. The first-order chi connectivity index (χ1) is 17.2. The second-order valence-corrected chi connectivity index (χ2v) is 9.78. The summed E-state index contributed by atoms with van der Waals surface area (Å²) in [5, 5.41) is 14.2. The number of carbonyl (C=O) groups is 2. The fourth-order valence-corrected chi connectivity index (χ4v) is 4.48. The Morgan fingerprint density at radius 1 is 0.917 bits per heavy atom. The van der Waals surface area contributed by atoms with Gasteiger partial charge in [0.1, 0.15) is 30.7 Å². The van der Waals surface area contributed by atoms with Crippen molar-refractivity contribution in [2.45, 2.75) is 44.8 Å². The Bertz CT molecular complexity index is 1170. The molecule has 7 heteroatoms. The number of hydrogen-bond donors (Lipinski definition) is 3. The van der Waals surface area contributed by atoms with Crippen LogP contribution < -0.4 is 15.4 Å². The summed E-state index contributed by atoms with van der Waals surface area (Å²) in [4.78, 5) is 25.3. The minimum atomic E-state index is -0.915. The van der Waals surface area contributed by atoms with Gasteiger partial charge in [0, 0.05) is 12.3 Å². The van der Waals surface area contributed by atoms with Crippen LogP contribution in [0.25, 0.3) is 11.1 Å². The molecule has 0 aromatic heterocycles. The fraction of sp³-hybridized carbons (Fsp3) is 0.310. The van der Waals surface area contributed by atoms with E-state index in [1.54, 1.807) is 0 Å². The highest BCUT2D eigenvalue weighted by Gasteiger charge is 2.30. The predicted octanol–water partition coefficient (Wildman–Crippen LogP) is 4.38. The highest BCUT2D eigenvalue weighted by atomic mass is 16.5. The third-order valence-corrected chi connectivity index (χ3v) is 5.99. The third-order valence-electron chi connectivity index (χ3n) is 5.99.